The minimum absolute atomic E-state index is 0.0726. The van der Waals surface area contributed by atoms with Gasteiger partial charge in [0.1, 0.15) is 45.5 Å². The molecule has 0 bridgehead atoms. The van der Waals surface area contributed by atoms with Gasteiger partial charge in [-0.3, -0.25) is 0 Å². The van der Waals surface area contributed by atoms with Gasteiger partial charge in [0.15, 0.2) is 0 Å². The van der Waals surface area contributed by atoms with Gasteiger partial charge in [0, 0.05) is 55.8 Å². The number of fused-ring (bicyclic) bond motifs is 10. The van der Waals surface area contributed by atoms with Gasteiger partial charge in [-0.2, -0.15) is 0 Å². The van der Waals surface area contributed by atoms with Gasteiger partial charge in [-0.25, -0.2) is 0 Å². The van der Waals surface area contributed by atoms with Crippen LogP contribution in [0.4, 0.5) is 34.1 Å². The molecule has 13 rings (SSSR count). The molecule has 9 aromatic rings. The molecule has 6 nitrogen and oxygen atoms in total. The fourth-order valence-electron chi connectivity index (χ4n) is 10.8. The van der Waals surface area contributed by atoms with Crippen molar-refractivity contribution in [2.45, 2.75) is 78.1 Å². The maximum absolute atomic E-state index is 7.24. The van der Waals surface area contributed by atoms with Crippen molar-refractivity contribution in [3.05, 3.63) is 185 Å². The molecular weight excluding hydrogens is 848 g/mol. The number of nitrogens with zero attached hydrogens (tertiary/aromatic N) is 2. The molecule has 0 spiro atoms. The third-order valence-electron chi connectivity index (χ3n) is 14.5. The first kappa shape index (κ1) is 41.5. The van der Waals surface area contributed by atoms with Crippen molar-refractivity contribution < 1.29 is 17.7 Å². The van der Waals surface area contributed by atoms with Gasteiger partial charge in [0.05, 0.1) is 11.4 Å². The molecule has 0 amide bonds. The second-order valence-electron chi connectivity index (χ2n) is 21.1. The topological polar surface area (TPSA) is 59.0 Å². The lowest BCUT2D eigenvalue weighted by atomic mass is 9.37. The third-order valence-corrected chi connectivity index (χ3v) is 14.5. The Morgan fingerprint density at radius 1 is 0.464 bits per heavy atom. The quantitative estimate of drug-likeness (QED) is 0.130. The van der Waals surface area contributed by atoms with Crippen LogP contribution < -0.4 is 26.6 Å². The van der Waals surface area contributed by atoms with Crippen molar-refractivity contribution in [2.24, 2.45) is 0 Å². The average molecular weight is 901 g/mol. The van der Waals surface area contributed by atoms with Crippen LogP contribution in [0.15, 0.2) is 169 Å². The van der Waals surface area contributed by atoms with E-state index >= 15 is 0 Å². The fourth-order valence-corrected chi connectivity index (χ4v) is 10.8. The van der Waals surface area contributed by atoms with Crippen molar-refractivity contribution in [1.29, 1.82) is 0 Å². The summed E-state index contributed by atoms with van der Waals surface area (Å²) in [4.78, 5) is 4.84. The van der Waals surface area contributed by atoms with Crippen LogP contribution in [0.2, 0.25) is 0 Å². The van der Waals surface area contributed by atoms with Gasteiger partial charge in [0.25, 0.3) is 0 Å². The first-order chi connectivity index (χ1) is 33.5. The van der Waals surface area contributed by atoms with Crippen LogP contribution in [0.5, 0.6) is 0 Å². The molecule has 7 heteroatoms. The van der Waals surface area contributed by atoms with Gasteiger partial charge in [-0.1, -0.05) is 96.2 Å². The first-order valence-corrected chi connectivity index (χ1v) is 24.4. The van der Waals surface area contributed by atoms with Crippen LogP contribution in [0.25, 0.3) is 56.7 Å². The molecule has 5 aromatic carbocycles. The molecule has 4 aliphatic rings. The van der Waals surface area contributed by atoms with Gasteiger partial charge >= 0.3 is 6.71 Å². The van der Waals surface area contributed by atoms with Crippen molar-refractivity contribution in [2.75, 3.05) is 9.80 Å². The van der Waals surface area contributed by atoms with Crippen LogP contribution in [-0.4, -0.2) is 6.71 Å². The summed E-state index contributed by atoms with van der Waals surface area (Å²) in [5, 5.41) is 2.15. The molecule has 0 N–H and O–H groups in total. The van der Waals surface area contributed by atoms with E-state index < -0.39 is 0 Å². The van der Waals surface area contributed by atoms with Crippen LogP contribution in [-0.2, 0) is 23.7 Å². The maximum Gasteiger partial charge on any atom is 0.342 e. The highest BCUT2D eigenvalue weighted by Crippen LogP contribution is 2.50. The Hall–Kier alpha value is -7.64. The SMILES string of the molecule is CC(C)(C)c1ccc2oc3c(c2c1)N(c1ccc(-c2cc4c(o2)/C=C\C/C=C\C4)cc1)c1cccc2c1B3c1oc3ccc(C(C)(C)C)cc3c1N2c1ccc(-c2cc3c(o2)/C=C\C/C=C\C3)cc1. The van der Waals surface area contributed by atoms with E-state index in [9.17, 15) is 0 Å². The summed E-state index contributed by atoms with van der Waals surface area (Å²) >= 11 is 0. The fraction of sp³-hybridized carbons (Fsp3) is 0.194. The Bertz CT molecular complexity index is 3410. The highest BCUT2D eigenvalue weighted by Gasteiger charge is 2.50. The molecule has 0 radical (unpaired) electrons. The Labute approximate surface area is 403 Å². The van der Waals surface area contributed by atoms with Gasteiger partial charge < -0.3 is 27.5 Å². The summed E-state index contributed by atoms with van der Waals surface area (Å²) < 4.78 is 27.5. The smallest absolute Gasteiger partial charge is 0.342 e. The zero-order valence-corrected chi connectivity index (χ0v) is 40.0. The van der Waals surface area contributed by atoms with Gasteiger partial charge in [-0.05, 0) is 162 Å². The first-order valence-electron chi connectivity index (χ1n) is 24.4. The van der Waals surface area contributed by atoms with E-state index in [-0.39, 0.29) is 17.5 Å². The van der Waals surface area contributed by atoms with E-state index in [2.05, 4.69) is 215 Å². The van der Waals surface area contributed by atoms with Crippen LogP contribution in [0.1, 0.15) is 88.2 Å². The van der Waals surface area contributed by atoms with Crippen molar-refractivity contribution in [3.8, 4) is 22.6 Å². The van der Waals surface area contributed by atoms with E-state index in [0.717, 1.165) is 133 Å². The monoisotopic (exact) mass is 900 g/mol. The summed E-state index contributed by atoms with van der Waals surface area (Å²) in [5.74, 6) is 3.60. The molecule has 0 atom stereocenters. The Morgan fingerprint density at radius 3 is 1.35 bits per heavy atom. The predicted molar refractivity (Wildman–Crippen MR) is 286 cm³/mol. The zero-order valence-electron chi connectivity index (χ0n) is 40.0. The molecule has 0 saturated heterocycles. The summed E-state index contributed by atoms with van der Waals surface area (Å²) in [6, 6.07) is 42.2. The van der Waals surface area contributed by atoms with E-state index in [1.54, 1.807) is 0 Å². The lowest BCUT2D eigenvalue weighted by molar-refractivity contribution is 0.568. The molecule has 0 saturated carbocycles. The number of rotatable bonds is 4. The molecule has 0 fully saturated rings. The summed E-state index contributed by atoms with van der Waals surface area (Å²) in [7, 11) is 0. The molecule has 69 heavy (non-hydrogen) atoms. The number of allylic oxidation sites excluding steroid dienone is 6. The standard InChI is InChI=1S/C62H53BN2O4/c1-61(2,3)42-26-32-52-46(36-42)57-59(68-52)63-56-48(64(57)44-28-22-38(23-29-44)54-34-40-16-11-7-9-13-20-50(40)66-54)18-15-19-49(56)65(58-47-37-43(62(4,5)6)27-33-53(47)69-60(58)63)45-30-24-39(25-31-45)55-35-41-17-12-8-10-14-21-51(41)67-55/h7-8,11-15,18-37H,9-10,16-17H2,1-6H3/b11-7-,12-8-,20-13-,21-14-. The van der Waals surface area contributed by atoms with Crippen molar-refractivity contribution in [1.82, 2.24) is 0 Å². The normalized spacial score (nSPS) is 17.0. The second kappa shape index (κ2) is 15.4. The Kier molecular flexibility index (Phi) is 9.30. The lowest BCUT2D eigenvalue weighted by Crippen LogP contribution is -2.60. The number of benzene rings is 5. The number of anilines is 6. The molecule has 2 aliphatic heterocycles. The van der Waals surface area contributed by atoms with Crippen molar-refractivity contribution >= 4 is 91.7 Å². The van der Waals surface area contributed by atoms with E-state index in [1.807, 2.05) is 0 Å². The summed E-state index contributed by atoms with van der Waals surface area (Å²) in [6.07, 6.45) is 20.9. The number of furan rings is 4. The van der Waals surface area contributed by atoms with Crippen LogP contribution in [0.3, 0.4) is 0 Å². The molecule has 0 unspecified atom stereocenters. The van der Waals surface area contributed by atoms with Crippen LogP contribution in [0, 0.1) is 0 Å². The Morgan fingerprint density at radius 2 is 0.913 bits per heavy atom. The summed E-state index contributed by atoms with van der Waals surface area (Å²) in [5.41, 5.74) is 17.7. The Balaban J connectivity index is 1.02. The second-order valence-corrected chi connectivity index (χ2v) is 21.1. The predicted octanol–water partition coefficient (Wildman–Crippen LogP) is 15.4. The third kappa shape index (κ3) is 6.76. The van der Waals surface area contributed by atoms with Gasteiger partial charge in [0.2, 0.25) is 0 Å². The van der Waals surface area contributed by atoms with E-state index in [1.165, 1.54) is 22.3 Å². The minimum Gasteiger partial charge on any atom is -0.468 e. The van der Waals surface area contributed by atoms with Gasteiger partial charge in [-0.15, -0.1) is 0 Å². The molecule has 4 aromatic heterocycles. The molecular formula is C62H53BN2O4. The molecule has 2 aliphatic carbocycles. The molecule has 6 heterocycles. The van der Waals surface area contributed by atoms with E-state index in [4.69, 9.17) is 17.7 Å². The minimum atomic E-state index is -0.322. The number of hydrogen-bond acceptors (Lipinski definition) is 6. The highest BCUT2D eigenvalue weighted by molar-refractivity contribution is 6.99. The molecule has 338 valence electrons. The van der Waals surface area contributed by atoms with E-state index in [0.29, 0.717) is 0 Å². The van der Waals surface area contributed by atoms with Crippen molar-refractivity contribution in [3.63, 3.8) is 0 Å². The zero-order chi connectivity index (χ0) is 46.8. The highest BCUT2D eigenvalue weighted by atomic mass is 16.4. The summed E-state index contributed by atoms with van der Waals surface area (Å²) in [6.45, 7) is 13.3. The number of hydrogen-bond donors (Lipinski definition) is 0. The average Bonchev–Trinajstić information content (AvgIpc) is 4.11. The largest absolute Gasteiger partial charge is 0.468 e. The van der Waals surface area contributed by atoms with Crippen LogP contribution >= 0.6 is 0 Å². The lowest BCUT2D eigenvalue weighted by Gasteiger charge is -2.40. The maximum atomic E-state index is 7.24.